The van der Waals surface area contributed by atoms with Crippen LogP contribution in [0, 0.1) is 0 Å². The molecule has 0 aliphatic heterocycles. The Balaban J connectivity index is 1.53. The number of benzene rings is 3. The molecule has 4 rings (SSSR count). The molecular weight excluding hydrogens is 491 g/mol. The lowest BCUT2D eigenvalue weighted by Gasteiger charge is -2.18. The zero-order valence-corrected chi connectivity index (χ0v) is 19.2. The van der Waals surface area contributed by atoms with Gasteiger partial charge in [0.05, 0.1) is 5.56 Å². The molecule has 37 heavy (non-hydrogen) atoms. The number of nitrogens with one attached hydrogen (secondary N) is 1. The van der Waals surface area contributed by atoms with Crippen LogP contribution in [-0.4, -0.2) is 18.1 Å². The predicted molar refractivity (Wildman–Crippen MR) is 127 cm³/mol. The highest BCUT2D eigenvalue weighted by molar-refractivity contribution is 5.86. The number of alkyl carbamates (subject to hydrolysis) is 1. The number of amides is 1. The topological polar surface area (TPSA) is 94.8 Å². The molecule has 10 heteroatoms. The minimum absolute atomic E-state index is 0.0228. The highest BCUT2D eigenvalue weighted by Gasteiger charge is 2.34. The third-order valence-corrected chi connectivity index (χ3v) is 5.31. The van der Waals surface area contributed by atoms with Crippen molar-refractivity contribution >= 4 is 23.0 Å². The van der Waals surface area contributed by atoms with Crippen LogP contribution < -0.4 is 15.7 Å². The van der Waals surface area contributed by atoms with Gasteiger partial charge in [0, 0.05) is 23.9 Å². The van der Waals surface area contributed by atoms with Gasteiger partial charge in [-0.3, -0.25) is 0 Å². The van der Waals surface area contributed by atoms with E-state index in [4.69, 9.17) is 13.9 Å². The number of carbonyl (C=O) groups is 2. The van der Waals surface area contributed by atoms with Gasteiger partial charge in [-0.25, -0.2) is 14.4 Å². The van der Waals surface area contributed by atoms with Gasteiger partial charge >= 0.3 is 23.9 Å². The minimum atomic E-state index is -4.78. The summed E-state index contributed by atoms with van der Waals surface area (Å²) in [5.74, 6) is -1.06. The van der Waals surface area contributed by atoms with E-state index in [-0.39, 0.29) is 24.2 Å². The number of carbonyl (C=O) groups excluding carboxylic acids is 2. The van der Waals surface area contributed by atoms with Crippen LogP contribution in [0.5, 0.6) is 5.75 Å². The normalized spacial score (nSPS) is 12.1. The van der Waals surface area contributed by atoms with Gasteiger partial charge in [0.1, 0.15) is 24.0 Å². The lowest BCUT2D eigenvalue weighted by molar-refractivity contribution is -0.137. The molecular formula is C27H20F3NO6. The first-order chi connectivity index (χ1) is 17.7. The largest absolute Gasteiger partial charge is 0.445 e. The van der Waals surface area contributed by atoms with E-state index < -0.39 is 41.1 Å². The molecule has 0 fully saturated rings. The number of esters is 1. The van der Waals surface area contributed by atoms with Gasteiger partial charge in [0.2, 0.25) is 0 Å². The van der Waals surface area contributed by atoms with Crippen molar-refractivity contribution in [2.75, 3.05) is 0 Å². The van der Waals surface area contributed by atoms with E-state index in [2.05, 4.69) is 5.32 Å². The van der Waals surface area contributed by atoms with Gasteiger partial charge in [0.15, 0.2) is 0 Å². The van der Waals surface area contributed by atoms with Crippen LogP contribution in [0.25, 0.3) is 11.0 Å². The summed E-state index contributed by atoms with van der Waals surface area (Å²) in [6.07, 6.45) is -5.58. The number of hydrogen-bond acceptors (Lipinski definition) is 6. The Hall–Kier alpha value is -4.60. The number of ether oxygens (including phenoxy) is 2. The Bertz CT molecular complexity index is 1450. The lowest BCUT2D eigenvalue weighted by atomic mass is 10.1. The van der Waals surface area contributed by atoms with Gasteiger partial charge < -0.3 is 19.2 Å². The van der Waals surface area contributed by atoms with E-state index in [1.165, 1.54) is 0 Å². The van der Waals surface area contributed by atoms with Crippen molar-refractivity contribution < 1.29 is 36.7 Å². The maximum absolute atomic E-state index is 13.3. The first-order valence-corrected chi connectivity index (χ1v) is 11.1. The highest BCUT2D eigenvalue weighted by atomic mass is 19.4. The zero-order chi connectivity index (χ0) is 26.4. The smallest absolute Gasteiger partial charge is 0.417 e. The van der Waals surface area contributed by atoms with Crippen molar-refractivity contribution in [3.05, 3.63) is 112 Å². The van der Waals surface area contributed by atoms with Crippen molar-refractivity contribution in [1.82, 2.24) is 5.32 Å². The monoisotopic (exact) mass is 511 g/mol. The molecule has 1 aromatic heterocycles. The predicted octanol–water partition coefficient (Wildman–Crippen LogP) is 5.25. The first kappa shape index (κ1) is 25.5. The van der Waals surface area contributed by atoms with E-state index in [0.717, 1.165) is 23.8 Å². The van der Waals surface area contributed by atoms with Crippen LogP contribution in [0.3, 0.4) is 0 Å². The summed E-state index contributed by atoms with van der Waals surface area (Å²) in [5, 5.41) is 2.11. The van der Waals surface area contributed by atoms with Gasteiger partial charge in [0.25, 0.3) is 0 Å². The molecule has 0 unspecified atom stereocenters. The molecule has 0 radical (unpaired) electrons. The molecule has 0 saturated carbocycles. The van der Waals surface area contributed by atoms with Crippen molar-refractivity contribution in [3.8, 4) is 5.75 Å². The summed E-state index contributed by atoms with van der Waals surface area (Å²) < 4.78 is 55.3. The molecule has 0 spiro atoms. The fraction of sp³-hybridized carbons (Fsp3) is 0.148. The van der Waals surface area contributed by atoms with E-state index in [0.29, 0.717) is 11.6 Å². The van der Waals surface area contributed by atoms with Crippen molar-refractivity contribution in [1.29, 1.82) is 0 Å². The molecule has 190 valence electrons. The van der Waals surface area contributed by atoms with E-state index in [1.54, 1.807) is 54.6 Å². The molecule has 3 aromatic carbocycles. The van der Waals surface area contributed by atoms with E-state index in [1.807, 2.05) is 6.07 Å². The summed E-state index contributed by atoms with van der Waals surface area (Å²) in [5.41, 5.74) is -1.31. The maximum atomic E-state index is 13.3. The van der Waals surface area contributed by atoms with Crippen LogP contribution in [0.4, 0.5) is 18.0 Å². The van der Waals surface area contributed by atoms with Crippen LogP contribution in [-0.2, 0) is 28.7 Å². The summed E-state index contributed by atoms with van der Waals surface area (Å²) >= 11 is 0. The Morgan fingerprint density at radius 3 is 2.19 bits per heavy atom. The molecule has 1 N–H and O–H groups in total. The Labute approximate surface area is 208 Å². The summed E-state index contributed by atoms with van der Waals surface area (Å²) in [7, 11) is 0. The SMILES string of the molecule is O=C(N[C@H](Cc1ccccc1)C(=O)Oc1ccc2c(C(F)(F)F)cc(=O)oc2c1)OCc1ccccc1. The van der Waals surface area contributed by atoms with Gasteiger partial charge in [-0.2, -0.15) is 13.2 Å². The number of hydrogen-bond donors (Lipinski definition) is 1. The van der Waals surface area contributed by atoms with Crippen LogP contribution in [0.2, 0.25) is 0 Å². The molecule has 4 aromatic rings. The Morgan fingerprint density at radius 2 is 1.54 bits per heavy atom. The van der Waals surface area contributed by atoms with Crippen molar-refractivity contribution in [3.63, 3.8) is 0 Å². The van der Waals surface area contributed by atoms with Gasteiger partial charge in [-0.05, 0) is 23.3 Å². The van der Waals surface area contributed by atoms with Crippen LogP contribution >= 0.6 is 0 Å². The molecule has 0 aliphatic rings. The third kappa shape index (κ3) is 6.75. The lowest BCUT2D eigenvalue weighted by Crippen LogP contribution is -2.44. The fourth-order valence-corrected chi connectivity index (χ4v) is 3.58. The number of rotatable bonds is 7. The molecule has 0 bridgehead atoms. The molecule has 0 saturated heterocycles. The van der Waals surface area contributed by atoms with Crippen molar-refractivity contribution in [2.45, 2.75) is 25.2 Å². The minimum Gasteiger partial charge on any atom is -0.445 e. The Kier molecular flexibility index (Phi) is 7.57. The zero-order valence-electron chi connectivity index (χ0n) is 19.2. The Morgan fingerprint density at radius 1 is 0.892 bits per heavy atom. The maximum Gasteiger partial charge on any atom is 0.417 e. The fourth-order valence-electron chi connectivity index (χ4n) is 3.58. The first-order valence-electron chi connectivity index (χ1n) is 11.1. The standard InChI is InChI=1S/C27H20F3NO6/c28-27(29,30)21-15-24(32)37-23-14-19(11-12-20(21)23)36-25(33)22(13-17-7-3-1-4-8-17)31-26(34)35-16-18-9-5-2-6-10-18/h1-12,14-15,22H,13,16H2,(H,31,34)/t22-/m1/s1. The molecule has 7 nitrogen and oxygen atoms in total. The van der Waals surface area contributed by atoms with Crippen LogP contribution in [0.15, 0.2) is 94.1 Å². The molecule has 0 aliphatic carbocycles. The number of halogens is 3. The van der Waals surface area contributed by atoms with Crippen molar-refractivity contribution in [2.24, 2.45) is 0 Å². The van der Waals surface area contributed by atoms with E-state index in [9.17, 15) is 27.6 Å². The van der Waals surface area contributed by atoms with Crippen LogP contribution in [0.1, 0.15) is 16.7 Å². The average Bonchev–Trinajstić information content (AvgIpc) is 2.87. The quantitative estimate of drug-likeness (QED) is 0.207. The molecule has 1 atom stereocenters. The second kappa shape index (κ2) is 11.0. The number of alkyl halides is 3. The molecule has 1 heterocycles. The summed E-state index contributed by atoms with van der Waals surface area (Å²) in [6, 6.07) is 20.1. The second-order valence-electron chi connectivity index (χ2n) is 8.00. The van der Waals surface area contributed by atoms with E-state index >= 15 is 0 Å². The third-order valence-electron chi connectivity index (χ3n) is 5.31. The van der Waals surface area contributed by atoms with Gasteiger partial charge in [-0.1, -0.05) is 60.7 Å². The second-order valence-corrected chi connectivity index (χ2v) is 8.00. The number of fused-ring (bicyclic) bond motifs is 1. The molecule has 1 amide bonds. The summed E-state index contributed by atoms with van der Waals surface area (Å²) in [6.45, 7) is -0.0228. The summed E-state index contributed by atoms with van der Waals surface area (Å²) in [4.78, 5) is 37.1. The average molecular weight is 511 g/mol. The highest BCUT2D eigenvalue weighted by Crippen LogP contribution is 2.34. The van der Waals surface area contributed by atoms with Gasteiger partial charge in [-0.15, -0.1) is 0 Å².